The molecule has 0 spiro atoms. The maximum atomic E-state index is 12.7. The summed E-state index contributed by atoms with van der Waals surface area (Å²) in [6.07, 6.45) is 6.30. The third-order valence-electron chi connectivity index (χ3n) is 5.30. The Kier molecular flexibility index (Phi) is 3.19. The molecule has 2 aliphatic carbocycles. The highest BCUT2D eigenvalue weighted by molar-refractivity contribution is 6.10. The number of nitrogens with one attached hydrogen (secondary N) is 1. The largest absolute Gasteiger partial charge is 0.504 e. The monoisotopic (exact) mass is 327 g/mol. The van der Waals surface area contributed by atoms with E-state index in [0.29, 0.717) is 0 Å². The van der Waals surface area contributed by atoms with Crippen molar-refractivity contribution in [2.24, 2.45) is 23.7 Å². The summed E-state index contributed by atoms with van der Waals surface area (Å²) in [5, 5.41) is 12.2. The maximum absolute atomic E-state index is 12.7. The van der Waals surface area contributed by atoms with Gasteiger partial charge in [-0.15, -0.1) is 0 Å². The van der Waals surface area contributed by atoms with Gasteiger partial charge in [0, 0.05) is 6.20 Å². The summed E-state index contributed by atoms with van der Waals surface area (Å²) in [6, 6.07) is 1.98. The summed E-state index contributed by atoms with van der Waals surface area (Å²) in [5.41, 5.74) is 0. The number of nitrogens with zero attached hydrogens (tertiary/aromatic N) is 2. The number of aromatic hydroxyl groups is 1. The summed E-state index contributed by atoms with van der Waals surface area (Å²) < 4.78 is 0. The molecule has 3 aliphatic rings. The van der Waals surface area contributed by atoms with E-state index in [1.807, 2.05) is 12.2 Å². The summed E-state index contributed by atoms with van der Waals surface area (Å²) >= 11 is 0. The van der Waals surface area contributed by atoms with Crippen LogP contribution >= 0.6 is 0 Å². The number of carbonyl (C=O) groups excluding carboxylic acids is 3. The molecule has 1 saturated heterocycles. The number of hydrogen-bond acceptors (Lipinski definition) is 5. The van der Waals surface area contributed by atoms with Gasteiger partial charge < -0.3 is 10.4 Å². The fourth-order valence-corrected chi connectivity index (χ4v) is 4.14. The Morgan fingerprint density at radius 2 is 1.92 bits per heavy atom. The topological polar surface area (TPSA) is 99.6 Å². The quantitative estimate of drug-likeness (QED) is 0.635. The molecule has 2 heterocycles. The van der Waals surface area contributed by atoms with Crippen molar-refractivity contribution in [1.82, 2.24) is 9.88 Å². The van der Waals surface area contributed by atoms with Crippen molar-refractivity contribution in [3.63, 3.8) is 0 Å². The number of anilines is 1. The Balaban J connectivity index is 1.54. The zero-order valence-electron chi connectivity index (χ0n) is 13.0. The maximum Gasteiger partial charge on any atom is 0.248 e. The molecular weight excluding hydrogens is 310 g/mol. The highest BCUT2D eigenvalue weighted by Crippen LogP contribution is 2.52. The minimum absolute atomic E-state index is 0.00961. The highest BCUT2D eigenvalue weighted by Gasteiger charge is 2.60. The summed E-state index contributed by atoms with van der Waals surface area (Å²) in [4.78, 5) is 42.7. The van der Waals surface area contributed by atoms with Crippen molar-refractivity contribution in [2.45, 2.75) is 19.4 Å². The Morgan fingerprint density at radius 3 is 2.50 bits per heavy atom. The normalized spacial score (nSPS) is 31.5. The van der Waals surface area contributed by atoms with Crippen molar-refractivity contribution in [3.8, 4) is 5.75 Å². The molecule has 1 aromatic rings. The number of amides is 3. The van der Waals surface area contributed by atoms with Crippen LogP contribution in [-0.2, 0) is 14.4 Å². The molecule has 2 bridgehead atoms. The van der Waals surface area contributed by atoms with Gasteiger partial charge in [0.05, 0.1) is 11.8 Å². The third-order valence-corrected chi connectivity index (χ3v) is 5.30. The molecule has 5 unspecified atom stereocenters. The van der Waals surface area contributed by atoms with Gasteiger partial charge in [-0.1, -0.05) is 12.2 Å². The van der Waals surface area contributed by atoms with Crippen LogP contribution in [0.25, 0.3) is 0 Å². The number of aromatic nitrogens is 1. The van der Waals surface area contributed by atoms with Crippen LogP contribution in [0.5, 0.6) is 5.75 Å². The molecule has 24 heavy (non-hydrogen) atoms. The molecule has 5 atom stereocenters. The lowest BCUT2D eigenvalue weighted by atomic mass is 9.85. The zero-order chi connectivity index (χ0) is 17.0. The molecule has 1 aromatic heterocycles. The number of fused-ring (bicyclic) bond motifs is 5. The Labute approximate surface area is 138 Å². The van der Waals surface area contributed by atoms with Crippen LogP contribution in [0.4, 0.5) is 5.82 Å². The van der Waals surface area contributed by atoms with Gasteiger partial charge in [-0.05, 0) is 37.3 Å². The molecule has 7 nitrogen and oxygen atoms in total. The van der Waals surface area contributed by atoms with E-state index in [2.05, 4.69) is 10.3 Å². The van der Waals surface area contributed by atoms with Crippen molar-refractivity contribution in [1.29, 1.82) is 0 Å². The molecule has 3 amide bonds. The van der Waals surface area contributed by atoms with Crippen molar-refractivity contribution >= 4 is 23.5 Å². The Bertz CT molecular complexity index is 745. The minimum atomic E-state index is -0.948. The first kappa shape index (κ1) is 14.9. The zero-order valence-corrected chi connectivity index (χ0v) is 13.0. The highest BCUT2D eigenvalue weighted by atomic mass is 16.3. The van der Waals surface area contributed by atoms with Crippen molar-refractivity contribution in [3.05, 3.63) is 30.5 Å². The molecule has 0 radical (unpaired) electrons. The smallest absolute Gasteiger partial charge is 0.248 e. The van der Waals surface area contributed by atoms with Gasteiger partial charge in [-0.3, -0.25) is 19.3 Å². The average Bonchev–Trinajstić information content (AvgIpc) is 3.23. The number of carbonyl (C=O) groups is 3. The average molecular weight is 327 g/mol. The van der Waals surface area contributed by atoms with Gasteiger partial charge in [0.25, 0.3) is 0 Å². The predicted octanol–water partition coefficient (Wildman–Crippen LogP) is 0.921. The molecule has 1 aliphatic heterocycles. The fourth-order valence-electron chi connectivity index (χ4n) is 4.14. The first-order chi connectivity index (χ1) is 11.5. The number of rotatable bonds is 3. The number of allylic oxidation sites excluding steroid dienone is 2. The van der Waals surface area contributed by atoms with Gasteiger partial charge in [-0.2, -0.15) is 0 Å². The summed E-state index contributed by atoms with van der Waals surface area (Å²) in [6.45, 7) is 1.52. The van der Waals surface area contributed by atoms with Gasteiger partial charge in [-0.25, -0.2) is 4.98 Å². The van der Waals surface area contributed by atoms with Crippen LogP contribution in [0, 0.1) is 23.7 Å². The molecule has 7 heteroatoms. The van der Waals surface area contributed by atoms with E-state index >= 15 is 0 Å². The fraction of sp³-hybridized carbons (Fsp3) is 0.412. The molecule has 2 fully saturated rings. The van der Waals surface area contributed by atoms with Gasteiger partial charge >= 0.3 is 0 Å². The van der Waals surface area contributed by atoms with E-state index < -0.39 is 11.9 Å². The van der Waals surface area contributed by atoms with Crippen LogP contribution < -0.4 is 5.32 Å². The Hall–Kier alpha value is -2.70. The van der Waals surface area contributed by atoms with Crippen molar-refractivity contribution in [2.75, 3.05) is 5.32 Å². The summed E-state index contributed by atoms with van der Waals surface area (Å²) in [7, 11) is 0. The standard InChI is InChI=1S/C17H17N3O4/c1-8(15(22)19-14-11(21)3-2-6-18-14)20-16(23)12-9-4-5-10(7-9)13(12)17(20)24/h2-6,8-10,12-13,21H,7H2,1H3,(H,18,19,22). The second-order valence-electron chi connectivity index (χ2n) is 6.58. The van der Waals surface area contributed by atoms with E-state index in [1.165, 1.54) is 25.3 Å². The minimum Gasteiger partial charge on any atom is -0.504 e. The Morgan fingerprint density at radius 1 is 1.29 bits per heavy atom. The summed E-state index contributed by atoms with van der Waals surface area (Å²) in [5.74, 6) is -1.69. The van der Waals surface area contributed by atoms with E-state index in [0.717, 1.165) is 11.3 Å². The van der Waals surface area contributed by atoms with E-state index in [4.69, 9.17) is 0 Å². The number of likely N-dealkylation sites (tertiary alicyclic amines) is 1. The van der Waals surface area contributed by atoms with Gasteiger partial charge in [0.2, 0.25) is 17.7 Å². The second-order valence-corrected chi connectivity index (χ2v) is 6.58. The lowest BCUT2D eigenvalue weighted by Crippen LogP contribution is -2.46. The van der Waals surface area contributed by atoms with E-state index in [9.17, 15) is 19.5 Å². The van der Waals surface area contributed by atoms with E-state index in [-0.39, 0.29) is 47.1 Å². The second kappa shape index (κ2) is 5.15. The SMILES string of the molecule is CC(C(=O)Nc1ncccc1O)N1C(=O)C2C3C=CC(C3)C2C1=O. The van der Waals surface area contributed by atoms with Gasteiger partial charge in [0.1, 0.15) is 6.04 Å². The first-order valence-electron chi connectivity index (χ1n) is 7.99. The molecule has 0 aromatic carbocycles. The van der Waals surface area contributed by atoms with Crippen molar-refractivity contribution < 1.29 is 19.5 Å². The van der Waals surface area contributed by atoms with Gasteiger partial charge in [0.15, 0.2) is 11.6 Å². The molecular formula is C17H17N3O4. The molecule has 1 saturated carbocycles. The number of pyridine rings is 1. The lowest BCUT2D eigenvalue weighted by Gasteiger charge is -2.23. The van der Waals surface area contributed by atoms with E-state index in [1.54, 1.807) is 0 Å². The third kappa shape index (κ3) is 1.97. The molecule has 4 rings (SSSR count). The first-order valence-corrected chi connectivity index (χ1v) is 7.99. The van der Waals surface area contributed by atoms with Crippen LogP contribution in [0.15, 0.2) is 30.5 Å². The molecule has 2 N–H and O–H groups in total. The predicted molar refractivity (Wildman–Crippen MR) is 83.6 cm³/mol. The van der Waals surface area contributed by atoms with Crippen LogP contribution in [-0.4, -0.2) is 38.8 Å². The molecule has 124 valence electrons. The number of imide groups is 1. The number of hydrogen-bond donors (Lipinski definition) is 2. The van der Waals surface area contributed by atoms with Crippen LogP contribution in [0.1, 0.15) is 13.3 Å². The van der Waals surface area contributed by atoms with Crippen LogP contribution in [0.3, 0.4) is 0 Å². The lowest BCUT2D eigenvalue weighted by molar-refractivity contribution is -0.146. The van der Waals surface area contributed by atoms with Crippen LogP contribution in [0.2, 0.25) is 0 Å².